The third-order valence-corrected chi connectivity index (χ3v) is 1.93. The minimum atomic E-state index is -0.0306. The monoisotopic (exact) mass is 195 g/mol. The number of aromatic nitrogens is 2. The molecule has 4 heteroatoms. The largest absolute Gasteiger partial charge is 0.351 e. The number of nitrogens with zero attached hydrogens (tertiary/aromatic N) is 1. The molecule has 0 bridgehead atoms. The highest BCUT2D eigenvalue weighted by Gasteiger charge is 2.17. The second-order valence-corrected chi connectivity index (χ2v) is 4.44. The van der Waals surface area contributed by atoms with Crippen LogP contribution >= 0.6 is 0 Å². The molecule has 0 fully saturated rings. The molecule has 1 amide bonds. The molecule has 0 radical (unpaired) electrons. The Balaban J connectivity index is 2.64. The van der Waals surface area contributed by atoms with Crippen LogP contribution in [-0.2, 0) is 16.8 Å². The standard InChI is InChI=1S/C10H17N3O/c1-7(14)11-6-8-5-9(13-12-8)10(2,3)4/h5H,6H2,1-4H3,(H,11,14)(H,12,13). The van der Waals surface area contributed by atoms with Gasteiger partial charge in [0.15, 0.2) is 0 Å². The van der Waals surface area contributed by atoms with Crippen molar-refractivity contribution in [2.45, 2.75) is 39.7 Å². The maximum absolute atomic E-state index is 10.7. The highest BCUT2D eigenvalue weighted by Crippen LogP contribution is 2.19. The summed E-state index contributed by atoms with van der Waals surface area (Å²) < 4.78 is 0. The summed E-state index contributed by atoms with van der Waals surface area (Å²) in [6.45, 7) is 8.32. The molecule has 0 spiro atoms. The van der Waals surface area contributed by atoms with Gasteiger partial charge >= 0.3 is 0 Å². The van der Waals surface area contributed by atoms with Crippen molar-refractivity contribution in [1.82, 2.24) is 15.5 Å². The van der Waals surface area contributed by atoms with E-state index in [4.69, 9.17) is 0 Å². The predicted molar refractivity (Wildman–Crippen MR) is 54.8 cm³/mol. The van der Waals surface area contributed by atoms with Crippen molar-refractivity contribution in [2.75, 3.05) is 0 Å². The summed E-state index contributed by atoms with van der Waals surface area (Å²) in [6.07, 6.45) is 0. The molecule has 1 aromatic rings. The van der Waals surface area contributed by atoms with Crippen molar-refractivity contribution in [1.29, 1.82) is 0 Å². The smallest absolute Gasteiger partial charge is 0.217 e. The Kier molecular flexibility index (Phi) is 2.93. The van der Waals surface area contributed by atoms with Gasteiger partial charge in [-0.15, -0.1) is 0 Å². The molecule has 0 aliphatic carbocycles. The van der Waals surface area contributed by atoms with Gasteiger partial charge in [-0.05, 0) is 6.07 Å². The Hall–Kier alpha value is -1.32. The summed E-state index contributed by atoms with van der Waals surface area (Å²) in [6, 6.07) is 1.98. The molecule has 2 N–H and O–H groups in total. The molecule has 0 unspecified atom stereocenters. The van der Waals surface area contributed by atoms with E-state index in [-0.39, 0.29) is 11.3 Å². The normalized spacial score (nSPS) is 11.4. The molecule has 4 nitrogen and oxygen atoms in total. The molecular weight excluding hydrogens is 178 g/mol. The average molecular weight is 195 g/mol. The number of carbonyl (C=O) groups excluding carboxylic acids is 1. The number of H-pyrrole nitrogens is 1. The van der Waals surface area contributed by atoms with Crippen LogP contribution < -0.4 is 5.32 Å². The van der Waals surface area contributed by atoms with Crippen molar-refractivity contribution in [2.24, 2.45) is 0 Å². The molecular formula is C10H17N3O. The number of hydrogen-bond donors (Lipinski definition) is 2. The number of carbonyl (C=O) groups is 1. The molecule has 78 valence electrons. The van der Waals surface area contributed by atoms with Crippen LogP contribution in [0.25, 0.3) is 0 Å². The van der Waals surface area contributed by atoms with Crippen molar-refractivity contribution < 1.29 is 4.79 Å². The van der Waals surface area contributed by atoms with E-state index < -0.39 is 0 Å². The molecule has 0 saturated heterocycles. The lowest BCUT2D eigenvalue weighted by Gasteiger charge is -2.13. The minimum Gasteiger partial charge on any atom is -0.351 e. The third-order valence-electron chi connectivity index (χ3n) is 1.93. The number of amides is 1. The van der Waals surface area contributed by atoms with Crippen LogP contribution in [0, 0.1) is 0 Å². The zero-order chi connectivity index (χ0) is 10.8. The van der Waals surface area contributed by atoms with Gasteiger partial charge in [0.25, 0.3) is 0 Å². The molecule has 14 heavy (non-hydrogen) atoms. The highest BCUT2D eigenvalue weighted by atomic mass is 16.1. The molecule has 0 atom stereocenters. The summed E-state index contributed by atoms with van der Waals surface area (Å²) in [5, 5.41) is 9.81. The molecule has 1 heterocycles. The maximum Gasteiger partial charge on any atom is 0.217 e. The second kappa shape index (κ2) is 3.82. The van der Waals surface area contributed by atoms with Crippen molar-refractivity contribution >= 4 is 5.91 Å². The number of aromatic amines is 1. The highest BCUT2D eigenvalue weighted by molar-refractivity contribution is 5.72. The van der Waals surface area contributed by atoms with E-state index in [2.05, 4.69) is 36.3 Å². The van der Waals surface area contributed by atoms with E-state index in [1.54, 1.807) is 0 Å². The van der Waals surface area contributed by atoms with Gasteiger partial charge in [0.1, 0.15) is 0 Å². The van der Waals surface area contributed by atoms with Crippen LogP contribution in [-0.4, -0.2) is 16.1 Å². The first-order chi connectivity index (χ1) is 6.39. The SMILES string of the molecule is CC(=O)NCc1cc(C(C)(C)C)n[nH]1. The van der Waals surface area contributed by atoms with Crippen LogP contribution in [0.1, 0.15) is 39.1 Å². The van der Waals surface area contributed by atoms with Crippen LogP contribution in [0.15, 0.2) is 6.07 Å². The van der Waals surface area contributed by atoms with Crippen molar-refractivity contribution in [3.8, 4) is 0 Å². The Morgan fingerprint density at radius 1 is 1.57 bits per heavy atom. The number of rotatable bonds is 2. The van der Waals surface area contributed by atoms with Gasteiger partial charge in [-0.25, -0.2) is 0 Å². The first-order valence-corrected chi connectivity index (χ1v) is 4.69. The second-order valence-electron chi connectivity index (χ2n) is 4.44. The number of hydrogen-bond acceptors (Lipinski definition) is 2. The average Bonchev–Trinajstić information content (AvgIpc) is 2.47. The lowest BCUT2D eigenvalue weighted by molar-refractivity contribution is -0.119. The van der Waals surface area contributed by atoms with Gasteiger partial charge in [0.2, 0.25) is 5.91 Å². The summed E-state index contributed by atoms with van der Waals surface area (Å²) in [4.78, 5) is 10.7. The van der Waals surface area contributed by atoms with Crippen LogP contribution in [0.2, 0.25) is 0 Å². The lowest BCUT2D eigenvalue weighted by Crippen LogP contribution is -2.19. The van der Waals surface area contributed by atoms with E-state index in [9.17, 15) is 4.79 Å². The first-order valence-electron chi connectivity index (χ1n) is 4.69. The molecule has 0 aliphatic heterocycles. The Bertz CT molecular complexity index is 322. The van der Waals surface area contributed by atoms with E-state index in [1.165, 1.54) is 6.92 Å². The first kappa shape index (κ1) is 10.8. The van der Waals surface area contributed by atoms with E-state index >= 15 is 0 Å². The summed E-state index contributed by atoms with van der Waals surface area (Å²) in [5.74, 6) is -0.0306. The Morgan fingerprint density at radius 2 is 2.21 bits per heavy atom. The summed E-state index contributed by atoms with van der Waals surface area (Å²) >= 11 is 0. The lowest BCUT2D eigenvalue weighted by atomic mass is 9.92. The minimum absolute atomic E-state index is 0.0306. The molecule has 0 aromatic carbocycles. The maximum atomic E-state index is 10.7. The zero-order valence-electron chi connectivity index (χ0n) is 9.14. The van der Waals surface area contributed by atoms with E-state index in [0.29, 0.717) is 6.54 Å². The van der Waals surface area contributed by atoms with Gasteiger partial charge < -0.3 is 5.32 Å². The van der Waals surface area contributed by atoms with Crippen LogP contribution in [0.4, 0.5) is 0 Å². The van der Waals surface area contributed by atoms with Gasteiger partial charge in [0, 0.05) is 12.3 Å². The van der Waals surface area contributed by atoms with Crippen molar-refractivity contribution in [3.05, 3.63) is 17.5 Å². The van der Waals surface area contributed by atoms with Gasteiger partial charge in [-0.1, -0.05) is 20.8 Å². The van der Waals surface area contributed by atoms with E-state index in [1.807, 2.05) is 6.07 Å². The molecule has 0 saturated carbocycles. The Labute approximate surface area is 84.1 Å². The topological polar surface area (TPSA) is 57.8 Å². The fourth-order valence-corrected chi connectivity index (χ4v) is 1.06. The predicted octanol–water partition coefficient (Wildman–Crippen LogP) is 1.34. The third kappa shape index (κ3) is 2.87. The summed E-state index contributed by atoms with van der Waals surface area (Å²) in [7, 11) is 0. The Morgan fingerprint density at radius 3 is 2.64 bits per heavy atom. The van der Waals surface area contributed by atoms with Crippen LogP contribution in [0.3, 0.4) is 0 Å². The fraction of sp³-hybridized carbons (Fsp3) is 0.600. The summed E-state index contributed by atoms with van der Waals surface area (Å²) in [5.41, 5.74) is 1.99. The molecule has 1 rings (SSSR count). The quantitative estimate of drug-likeness (QED) is 0.748. The van der Waals surface area contributed by atoms with E-state index in [0.717, 1.165) is 11.4 Å². The van der Waals surface area contributed by atoms with Gasteiger partial charge in [-0.3, -0.25) is 9.89 Å². The number of nitrogens with one attached hydrogen (secondary N) is 2. The fourth-order valence-electron chi connectivity index (χ4n) is 1.06. The van der Waals surface area contributed by atoms with Gasteiger partial charge in [-0.2, -0.15) is 5.10 Å². The van der Waals surface area contributed by atoms with Gasteiger partial charge in [0.05, 0.1) is 17.9 Å². The molecule has 1 aromatic heterocycles. The van der Waals surface area contributed by atoms with Crippen LogP contribution in [0.5, 0.6) is 0 Å². The van der Waals surface area contributed by atoms with Crippen molar-refractivity contribution in [3.63, 3.8) is 0 Å². The zero-order valence-corrected chi connectivity index (χ0v) is 9.14. The molecule has 0 aliphatic rings.